The molecular weight excluding hydrogens is 242 g/mol. The SMILES string of the molecule is CC1CCN(c2cc3[nH]c(=O)oc3cc2N)CC1C. The van der Waals surface area contributed by atoms with Crippen LogP contribution in [0.5, 0.6) is 0 Å². The summed E-state index contributed by atoms with van der Waals surface area (Å²) in [5.41, 5.74) is 8.97. The highest BCUT2D eigenvalue weighted by Gasteiger charge is 2.24. The fourth-order valence-electron chi connectivity index (χ4n) is 2.76. The van der Waals surface area contributed by atoms with E-state index in [-0.39, 0.29) is 0 Å². The van der Waals surface area contributed by atoms with E-state index in [0.29, 0.717) is 22.7 Å². The van der Waals surface area contributed by atoms with Crippen LogP contribution in [0.25, 0.3) is 11.1 Å². The summed E-state index contributed by atoms with van der Waals surface area (Å²) in [5, 5.41) is 0. The quantitative estimate of drug-likeness (QED) is 0.771. The van der Waals surface area contributed by atoms with E-state index in [1.165, 1.54) is 6.42 Å². The van der Waals surface area contributed by atoms with Crippen molar-refractivity contribution in [3.8, 4) is 0 Å². The van der Waals surface area contributed by atoms with Crippen LogP contribution in [-0.2, 0) is 0 Å². The molecule has 2 aromatic rings. The summed E-state index contributed by atoms with van der Waals surface area (Å²) < 4.78 is 5.02. The zero-order valence-corrected chi connectivity index (χ0v) is 11.3. The van der Waals surface area contributed by atoms with Crippen LogP contribution in [0.4, 0.5) is 11.4 Å². The molecule has 0 aliphatic carbocycles. The molecule has 0 bridgehead atoms. The number of nitrogens with zero attached hydrogens (tertiary/aromatic N) is 1. The number of piperidine rings is 1. The highest BCUT2D eigenvalue weighted by atomic mass is 16.4. The number of anilines is 2. The third-order valence-corrected chi connectivity index (χ3v) is 4.24. The first kappa shape index (κ1) is 12.1. The Hall–Kier alpha value is -1.91. The number of rotatable bonds is 1. The molecule has 3 N–H and O–H groups in total. The average Bonchev–Trinajstić information content (AvgIpc) is 2.71. The molecule has 5 heteroatoms. The fraction of sp³-hybridized carbons (Fsp3) is 0.500. The highest BCUT2D eigenvalue weighted by Crippen LogP contribution is 2.32. The summed E-state index contributed by atoms with van der Waals surface area (Å²) in [4.78, 5) is 16.2. The van der Waals surface area contributed by atoms with Crippen LogP contribution in [0.15, 0.2) is 21.3 Å². The normalized spacial score (nSPS) is 24.0. The lowest BCUT2D eigenvalue weighted by Crippen LogP contribution is -2.38. The van der Waals surface area contributed by atoms with Gasteiger partial charge in [0, 0.05) is 19.2 Å². The second-order valence-corrected chi connectivity index (χ2v) is 5.61. The fourth-order valence-corrected chi connectivity index (χ4v) is 2.76. The lowest BCUT2D eigenvalue weighted by Gasteiger charge is -2.37. The summed E-state index contributed by atoms with van der Waals surface area (Å²) in [6.45, 7) is 6.57. The molecule has 0 spiro atoms. The minimum atomic E-state index is -0.438. The number of H-pyrrole nitrogens is 1. The third-order valence-electron chi connectivity index (χ3n) is 4.24. The Morgan fingerprint density at radius 2 is 2.16 bits per heavy atom. The zero-order chi connectivity index (χ0) is 13.6. The number of fused-ring (bicyclic) bond motifs is 1. The molecule has 1 aromatic carbocycles. The Kier molecular flexibility index (Phi) is 2.77. The van der Waals surface area contributed by atoms with Gasteiger partial charge in [-0.15, -0.1) is 0 Å². The number of benzene rings is 1. The second-order valence-electron chi connectivity index (χ2n) is 5.61. The highest BCUT2D eigenvalue weighted by molar-refractivity contribution is 5.85. The Balaban J connectivity index is 2.00. The minimum absolute atomic E-state index is 0.438. The van der Waals surface area contributed by atoms with Crippen LogP contribution in [0.3, 0.4) is 0 Å². The van der Waals surface area contributed by atoms with Crippen LogP contribution in [0.2, 0.25) is 0 Å². The van der Waals surface area contributed by atoms with Gasteiger partial charge >= 0.3 is 5.76 Å². The molecule has 3 rings (SSSR count). The summed E-state index contributed by atoms with van der Waals surface area (Å²) >= 11 is 0. The first-order chi connectivity index (χ1) is 9.04. The van der Waals surface area contributed by atoms with Gasteiger partial charge in [-0.3, -0.25) is 4.98 Å². The number of nitrogen functional groups attached to an aromatic ring is 1. The predicted octanol–water partition coefficient (Wildman–Crippen LogP) is 2.19. The van der Waals surface area contributed by atoms with Crippen LogP contribution in [0.1, 0.15) is 20.3 Å². The molecule has 19 heavy (non-hydrogen) atoms. The minimum Gasteiger partial charge on any atom is -0.408 e. The molecule has 102 valence electrons. The molecule has 0 saturated carbocycles. The van der Waals surface area contributed by atoms with Gasteiger partial charge in [0.15, 0.2) is 5.58 Å². The lowest BCUT2D eigenvalue weighted by molar-refractivity contribution is 0.324. The van der Waals surface area contributed by atoms with E-state index < -0.39 is 5.76 Å². The molecule has 1 aliphatic rings. The van der Waals surface area contributed by atoms with Gasteiger partial charge < -0.3 is 15.1 Å². The first-order valence-corrected chi connectivity index (χ1v) is 6.72. The van der Waals surface area contributed by atoms with Crippen molar-refractivity contribution in [2.75, 3.05) is 23.7 Å². The number of aromatic amines is 1. The van der Waals surface area contributed by atoms with Crippen molar-refractivity contribution in [1.82, 2.24) is 4.98 Å². The van der Waals surface area contributed by atoms with E-state index in [0.717, 1.165) is 24.7 Å². The van der Waals surface area contributed by atoms with Crippen LogP contribution in [-0.4, -0.2) is 18.1 Å². The number of hydrogen-bond acceptors (Lipinski definition) is 4. The lowest BCUT2D eigenvalue weighted by atomic mass is 9.88. The first-order valence-electron chi connectivity index (χ1n) is 6.72. The smallest absolute Gasteiger partial charge is 0.408 e. The van der Waals surface area contributed by atoms with Crippen molar-refractivity contribution in [3.63, 3.8) is 0 Å². The topological polar surface area (TPSA) is 75.3 Å². The molecule has 2 unspecified atom stereocenters. The van der Waals surface area contributed by atoms with Gasteiger partial charge in [-0.1, -0.05) is 13.8 Å². The Morgan fingerprint density at radius 1 is 1.37 bits per heavy atom. The standard InChI is InChI=1S/C14H19N3O2/c1-8-3-4-17(7-9(8)2)12-6-11-13(5-10(12)15)19-14(18)16-11/h5-6,8-9H,3-4,7,15H2,1-2H3,(H,16,18). The number of nitrogens with one attached hydrogen (secondary N) is 1. The maximum Gasteiger partial charge on any atom is 0.417 e. The van der Waals surface area contributed by atoms with Crippen LogP contribution in [0, 0.1) is 11.8 Å². The third kappa shape index (κ3) is 2.09. The second kappa shape index (κ2) is 4.33. The molecule has 1 aromatic heterocycles. The molecular formula is C14H19N3O2. The van der Waals surface area contributed by atoms with Crippen molar-refractivity contribution in [2.24, 2.45) is 11.8 Å². The van der Waals surface area contributed by atoms with Crippen LogP contribution < -0.4 is 16.4 Å². The van der Waals surface area contributed by atoms with Gasteiger partial charge in [-0.2, -0.15) is 0 Å². The summed E-state index contributed by atoms with van der Waals surface area (Å²) in [7, 11) is 0. The number of nitrogens with two attached hydrogens (primary N) is 1. The Bertz CT molecular complexity index is 658. The zero-order valence-electron chi connectivity index (χ0n) is 11.3. The van der Waals surface area contributed by atoms with E-state index >= 15 is 0 Å². The monoisotopic (exact) mass is 261 g/mol. The van der Waals surface area contributed by atoms with Gasteiger partial charge in [0.25, 0.3) is 0 Å². The van der Waals surface area contributed by atoms with E-state index in [1.807, 2.05) is 6.07 Å². The molecule has 1 aliphatic heterocycles. The van der Waals surface area contributed by atoms with Crippen molar-refractivity contribution >= 4 is 22.5 Å². The molecule has 5 nitrogen and oxygen atoms in total. The maximum absolute atomic E-state index is 11.2. The van der Waals surface area contributed by atoms with Gasteiger partial charge in [0.05, 0.1) is 16.9 Å². The van der Waals surface area contributed by atoms with E-state index in [9.17, 15) is 4.79 Å². The molecule has 2 atom stereocenters. The molecule has 2 heterocycles. The molecule has 0 amide bonds. The maximum atomic E-state index is 11.2. The Morgan fingerprint density at radius 3 is 2.89 bits per heavy atom. The summed E-state index contributed by atoms with van der Waals surface area (Å²) in [6.07, 6.45) is 1.17. The van der Waals surface area contributed by atoms with Gasteiger partial charge in [-0.25, -0.2) is 4.79 Å². The molecule has 1 fully saturated rings. The van der Waals surface area contributed by atoms with Crippen molar-refractivity contribution in [2.45, 2.75) is 20.3 Å². The summed E-state index contributed by atoms with van der Waals surface area (Å²) in [5.74, 6) is 0.953. The van der Waals surface area contributed by atoms with Crippen molar-refractivity contribution < 1.29 is 4.42 Å². The van der Waals surface area contributed by atoms with Gasteiger partial charge in [0.1, 0.15) is 0 Å². The van der Waals surface area contributed by atoms with Gasteiger partial charge in [-0.05, 0) is 24.3 Å². The van der Waals surface area contributed by atoms with Crippen molar-refractivity contribution in [1.29, 1.82) is 0 Å². The predicted molar refractivity (Wildman–Crippen MR) is 76.4 cm³/mol. The summed E-state index contributed by atoms with van der Waals surface area (Å²) in [6, 6.07) is 3.64. The van der Waals surface area contributed by atoms with E-state index in [2.05, 4.69) is 23.7 Å². The largest absolute Gasteiger partial charge is 0.417 e. The Labute approximate surface area is 111 Å². The van der Waals surface area contributed by atoms with E-state index in [4.69, 9.17) is 10.2 Å². The number of oxazole rings is 1. The van der Waals surface area contributed by atoms with E-state index in [1.54, 1.807) is 6.07 Å². The molecule has 1 saturated heterocycles. The number of hydrogen-bond donors (Lipinski definition) is 2. The van der Waals surface area contributed by atoms with Crippen molar-refractivity contribution in [3.05, 3.63) is 22.7 Å². The average molecular weight is 261 g/mol. The van der Waals surface area contributed by atoms with Crippen LogP contribution >= 0.6 is 0 Å². The number of aromatic nitrogens is 1. The molecule has 0 radical (unpaired) electrons. The van der Waals surface area contributed by atoms with Gasteiger partial charge in [0.2, 0.25) is 0 Å².